The summed E-state index contributed by atoms with van der Waals surface area (Å²) in [5.74, 6) is 2.31. The van der Waals surface area contributed by atoms with E-state index < -0.39 is 0 Å². The highest BCUT2D eigenvalue weighted by Crippen LogP contribution is 2.40. The van der Waals surface area contributed by atoms with Gasteiger partial charge in [-0.1, -0.05) is 37.6 Å². The first-order valence-electron chi connectivity index (χ1n) is 11.4. The first-order chi connectivity index (χ1) is 15.5. The highest BCUT2D eigenvalue weighted by atomic mass is 16.5. The van der Waals surface area contributed by atoms with Gasteiger partial charge in [0.25, 0.3) is 0 Å². The van der Waals surface area contributed by atoms with Crippen LogP contribution in [0, 0.1) is 0 Å². The van der Waals surface area contributed by atoms with Crippen LogP contribution in [0.1, 0.15) is 48.8 Å². The third-order valence-corrected chi connectivity index (χ3v) is 6.71. The van der Waals surface area contributed by atoms with Gasteiger partial charge < -0.3 is 19.7 Å². The summed E-state index contributed by atoms with van der Waals surface area (Å²) in [6.45, 7) is 5.16. The van der Waals surface area contributed by atoms with E-state index >= 15 is 0 Å². The van der Waals surface area contributed by atoms with E-state index in [1.165, 1.54) is 11.1 Å². The number of fused-ring (bicyclic) bond motifs is 2. The molecule has 1 aliphatic heterocycles. The Balaban J connectivity index is 1.32. The second-order valence-corrected chi connectivity index (χ2v) is 8.78. The van der Waals surface area contributed by atoms with Crippen LogP contribution in [0.4, 0.5) is 0 Å². The quantitative estimate of drug-likeness (QED) is 0.356. The monoisotopic (exact) mass is 435 g/mol. The molecule has 0 radical (unpaired) electrons. The number of aromatic hydroxyl groups is 2. The van der Waals surface area contributed by atoms with Crippen LogP contribution in [0.5, 0.6) is 23.0 Å². The molecule has 5 nitrogen and oxygen atoms in total. The number of phenolic OH excluding ortho intramolecular Hbond substituents is 2. The molecule has 32 heavy (non-hydrogen) atoms. The lowest BCUT2D eigenvalue weighted by atomic mass is 9.91. The molecule has 1 unspecified atom stereocenters. The summed E-state index contributed by atoms with van der Waals surface area (Å²) in [5.41, 5.74) is 3.49. The number of nitrogens with zero attached hydrogens (tertiary/aromatic N) is 1. The topological polar surface area (TPSA) is 62.2 Å². The zero-order valence-electron chi connectivity index (χ0n) is 19.2. The van der Waals surface area contributed by atoms with Gasteiger partial charge in [0.05, 0.1) is 14.2 Å². The molecule has 3 aromatic carbocycles. The first kappa shape index (κ1) is 22.3. The fourth-order valence-corrected chi connectivity index (χ4v) is 4.81. The number of unbranched alkanes of at least 4 members (excludes halogenated alkanes) is 1. The number of rotatable bonds is 8. The van der Waals surface area contributed by atoms with E-state index in [4.69, 9.17) is 9.47 Å². The van der Waals surface area contributed by atoms with Crippen LogP contribution in [-0.4, -0.2) is 42.4 Å². The second-order valence-electron chi connectivity index (χ2n) is 8.78. The lowest BCUT2D eigenvalue weighted by molar-refractivity contribution is 0.246. The first-order valence-corrected chi connectivity index (χ1v) is 11.4. The molecule has 4 rings (SSSR count). The summed E-state index contributed by atoms with van der Waals surface area (Å²) in [5, 5.41) is 22.5. The minimum atomic E-state index is 0.185. The Morgan fingerprint density at radius 3 is 2.34 bits per heavy atom. The Hall–Kier alpha value is -2.92. The third kappa shape index (κ3) is 4.49. The van der Waals surface area contributed by atoms with Crippen molar-refractivity contribution in [3.63, 3.8) is 0 Å². The van der Waals surface area contributed by atoms with Gasteiger partial charge in [-0.2, -0.15) is 0 Å². The number of phenols is 2. The van der Waals surface area contributed by atoms with E-state index in [2.05, 4.69) is 24.0 Å². The minimum absolute atomic E-state index is 0.185. The van der Waals surface area contributed by atoms with Crippen molar-refractivity contribution in [2.24, 2.45) is 0 Å². The van der Waals surface area contributed by atoms with Gasteiger partial charge in [0.2, 0.25) is 0 Å². The fourth-order valence-electron chi connectivity index (χ4n) is 4.81. The molecule has 170 valence electrons. The van der Waals surface area contributed by atoms with Crippen LogP contribution < -0.4 is 9.47 Å². The molecule has 0 amide bonds. The summed E-state index contributed by atoms with van der Waals surface area (Å²) in [7, 11) is 3.36. The van der Waals surface area contributed by atoms with E-state index in [1.54, 1.807) is 20.3 Å². The smallest absolute Gasteiger partial charge is 0.161 e. The Kier molecular flexibility index (Phi) is 6.75. The number of methoxy groups -OCH3 is 2. The van der Waals surface area contributed by atoms with Gasteiger partial charge in [0.15, 0.2) is 11.5 Å². The molecule has 0 bridgehead atoms. The average molecular weight is 436 g/mol. The molecule has 0 spiro atoms. The van der Waals surface area contributed by atoms with E-state index in [0.717, 1.165) is 62.4 Å². The Bertz CT molecular complexity index is 1090. The second kappa shape index (κ2) is 9.70. The van der Waals surface area contributed by atoms with E-state index in [0.29, 0.717) is 16.5 Å². The fraction of sp³-hybridized carbons (Fsp3) is 0.407. The molecular formula is C27H33NO4. The van der Waals surface area contributed by atoms with Gasteiger partial charge in [-0.25, -0.2) is 0 Å². The lowest BCUT2D eigenvalue weighted by Crippen LogP contribution is -2.31. The number of hydrogen-bond donors (Lipinski definition) is 2. The van der Waals surface area contributed by atoms with Crippen LogP contribution >= 0.6 is 0 Å². The van der Waals surface area contributed by atoms with Crippen molar-refractivity contribution in [3.8, 4) is 23.0 Å². The molecule has 0 saturated carbocycles. The van der Waals surface area contributed by atoms with Crippen LogP contribution in [0.2, 0.25) is 0 Å². The number of ether oxygens (including phenoxy) is 2. The lowest BCUT2D eigenvalue weighted by Gasteiger charge is -2.29. The normalized spacial score (nSPS) is 14.8. The zero-order chi connectivity index (χ0) is 22.7. The van der Waals surface area contributed by atoms with Crippen molar-refractivity contribution in [2.75, 3.05) is 27.3 Å². The van der Waals surface area contributed by atoms with Crippen molar-refractivity contribution in [1.29, 1.82) is 0 Å². The molecule has 1 aliphatic rings. The van der Waals surface area contributed by atoms with E-state index in [1.807, 2.05) is 24.3 Å². The standard InChI is InChI=1S/C27H33NO4/c1-18(23-16-24(29)21-9-4-5-10-22(21)27(23)30)8-6-7-12-28-13-11-19-14-25(31-2)26(32-3)15-20(19)17-28/h4-5,9-10,14-16,18,29-30H,6-8,11-13,17H2,1-3H3. The van der Waals surface area contributed by atoms with Crippen molar-refractivity contribution < 1.29 is 19.7 Å². The predicted octanol–water partition coefficient (Wildman–Crippen LogP) is 5.60. The van der Waals surface area contributed by atoms with Crippen molar-refractivity contribution in [3.05, 3.63) is 59.2 Å². The van der Waals surface area contributed by atoms with Gasteiger partial charge in [-0.05, 0) is 61.1 Å². The summed E-state index contributed by atoms with van der Waals surface area (Å²) in [6.07, 6.45) is 4.17. The van der Waals surface area contributed by atoms with Gasteiger partial charge in [-0.3, -0.25) is 4.90 Å². The van der Waals surface area contributed by atoms with E-state index in [-0.39, 0.29) is 11.7 Å². The van der Waals surface area contributed by atoms with Gasteiger partial charge in [-0.15, -0.1) is 0 Å². The highest BCUT2D eigenvalue weighted by Gasteiger charge is 2.20. The van der Waals surface area contributed by atoms with Crippen LogP contribution in [0.15, 0.2) is 42.5 Å². The maximum absolute atomic E-state index is 10.7. The molecule has 5 heteroatoms. The average Bonchev–Trinajstić information content (AvgIpc) is 2.82. The summed E-state index contributed by atoms with van der Waals surface area (Å²) in [6, 6.07) is 13.4. The largest absolute Gasteiger partial charge is 0.507 e. The molecule has 0 saturated heterocycles. The zero-order valence-corrected chi connectivity index (χ0v) is 19.2. The molecule has 1 atom stereocenters. The highest BCUT2D eigenvalue weighted by molar-refractivity contribution is 5.94. The third-order valence-electron chi connectivity index (χ3n) is 6.71. The minimum Gasteiger partial charge on any atom is -0.507 e. The van der Waals surface area contributed by atoms with Gasteiger partial charge >= 0.3 is 0 Å². The number of hydrogen-bond acceptors (Lipinski definition) is 5. The summed E-state index contributed by atoms with van der Waals surface area (Å²) in [4.78, 5) is 2.50. The molecule has 0 fully saturated rings. The summed E-state index contributed by atoms with van der Waals surface area (Å²) < 4.78 is 10.9. The molecule has 0 aromatic heterocycles. The molecule has 0 aliphatic carbocycles. The SMILES string of the molecule is COc1cc2c(cc1OC)CN(CCCCC(C)c1cc(O)c3ccccc3c1O)CC2. The Morgan fingerprint density at radius 1 is 0.938 bits per heavy atom. The maximum Gasteiger partial charge on any atom is 0.161 e. The molecule has 1 heterocycles. The maximum atomic E-state index is 10.7. The van der Waals surface area contributed by atoms with Gasteiger partial charge in [0.1, 0.15) is 11.5 Å². The Labute approximate surface area is 190 Å². The van der Waals surface area contributed by atoms with Crippen molar-refractivity contribution in [2.45, 2.75) is 45.1 Å². The number of benzene rings is 3. The van der Waals surface area contributed by atoms with E-state index in [9.17, 15) is 10.2 Å². The Morgan fingerprint density at radius 2 is 1.62 bits per heavy atom. The van der Waals surface area contributed by atoms with Gasteiger partial charge in [0, 0.05) is 29.4 Å². The van der Waals surface area contributed by atoms with Crippen molar-refractivity contribution in [1.82, 2.24) is 4.90 Å². The summed E-state index contributed by atoms with van der Waals surface area (Å²) >= 11 is 0. The van der Waals surface area contributed by atoms with Crippen molar-refractivity contribution >= 4 is 10.8 Å². The van der Waals surface area contributed by atoms with Crippen LogP contribution in [0.25, 0.3) is 10.8 Å². The molecule has 3 aromatic rings. The molecule has 2 N–H and O–H groups in total. The van der Waals surface area contributed by atoms with Crippen LogP contribution in [-0.2, 0) is 13.0 Å². The molecular weight excluding hydrogens is 402 g/mol. The van der Waals surface area contributed by atoms with Crippen LogP contribution in [0.3, 0.4) is 0 Å². The predicted molar refractivity (Wildman–Crippen MR) is 128 cm³/mol.